The van der Waals surface area contributed by atoms with Gasteiger partial charge in [-0.15, -0.1) is 0 Å². The van der Waals surface area contributed by atoms with Gasteiger partial charge in [0, 0.05) is 5.69 Å². The summed E-state index contributed by atoms with van der Waals surface area (Å²) in [7, 11) is 0. The van der Waals surface area contributed by atoms with Gasteiger partial charge in [-0.25, -0.2) is 0 Å². The van der Waals surface area contributed by atoms with Crippen LogP contribution in [0, 0.1) is 0 Å². The van der Waals surface area contributed by atoms with E-state index in [9.17, 15) is 18.0 Å². The minimum Gasteiger partial charge on any atom is -0.415 e. The van der Waals surface area contributed by atoms with Crippen molar-refractivity contribution in [3.8, 4) is 0 Å². The molecular formula is C13H13F3N2O2. The number of hydrogen-bond acceptors (Lipinski definition) is 3. The molecule has 0 saturated heterocycles. The van der Waals surface area contributed by atoms with Gasteiger partial charge in [-0.05, 0) is 31.2 Å². The fraction of sp³-hybridized carbons (Fsp3) is 0.154. The van der Waals surface area contributed by atoms with Crippen molar-refractivity contribution in [2.75, 3.05) is 5.32 Å². The van der Waals surface area contributed by atoms with E-state index >= 15 is 0 Å². The second-order valence-corrected chi connectivity index (χ2v) is 3.82. The number of carbonyl (C=O) groups is 1. The molecule has 108 valence electrons. The third-order valence-electron chi connectivity index (χ3n) is 2.47. The predicted octanol–water partition coefficient (Wildman–Crippen LogP) is 2.99. The molecule has 0 unspecified atom stereocenters. The summed E-state index contributed by atoms with van der Waals surface area (Å²) in [6, 6.07) is 4.05. The number of halogens is 3. The molecule has 20 heavy (non-hydrogen) atoms. The summed E-state index contributed by atoms with van der Waals surface area (Å²) in [5.74, 6) is 4.50. The number of carbonyl (C=O) groups excluding carboxylic acids is 1. The van der Waals surface area contributed by atoms with Crippen molar-refractivity contribution in [2.24, 2.45) is 5.90 Å². The van der Waals surface area contributed by atoms with Crippen molar-refractivity contribution in [2.45, 2.75) is 13.1 Å². The van der Waals surface area contributed by atoms with Crippen LogP contribution in [0.4, 0.5) is 18.9 Å². The minimum atomic E-state index is -4.42. The van der Waals surface area contributed by atoms with Gasteiger partial charge in [-0.2, -0.15) is 19.1 Å². The molecule has 0 aliphatic rings. The lowest BCUT2D eigenvalue weighted by Gasteiger charge is -2.10. The molecule has 0 atom stereocenters. The highest BCUT2D eigenvalue weighted by Crippen LogP contribution is 2.29. The van der Waals surface area contributed by atoms with E-state index in [1.165, 1.54) is 13.0 Å². The third kappa shape index (κ3) is 3.86. The summed E-state index contributed by atoms with van der Waals surface area (Å²) >= 11 is 0. The van der Waals surface area contributed by atoms with E-state index < -0.39 is 17.6 Å². The van der Waals surface area contributed by atoms with Gasteiger partial charge in [0.25, 0.3) is 5.91 Å². The van der Waals surface area contributed by atoms with Crippen molar-refractivity contribution in [1.82, 2.24) is 0 Å². The van der Waals surface area contributed by atoms with Crippen molar-refractivity contribution < 1.29 is 22.8 Å². The number of amides is 1. The number of anilines is 1. The van der Waals surface area contributed by atoms with Gasteiger partial charge in [-0.1, -0.05) is 12.7 Å². The van der Waals surface area contributed by atoms with Crippen LogP contribution in [-0.2, 0) is 15.8 Å². The zero-order valence-corrected chi connectivity index (χ0v) is 10.6. The van der Waals surface area contributed by atoms with Crippen LogP contribution < -0.4 is 11.2 Å². The number of benzene rings is 1. The molecule has 0 aliphatic heterocycles. The van der Waals surface area contributed by atoms with Crippen molar-refractivity contribution >= 4 is 11.6 Å². The van der Waals surface area contributed by atoms with Gasteiger partial charge < -0.3 is 10.2 Å². The third-order valence-corrected chi connectivity index (χ3v) is 2.47. The van der Waals surface area contributed by atoms with Crippen molar-refractivity contribution in [3.05, 3.63) is 53.8 Å². The molecule has 0 spiro atoms. The summed E-state index contributed by atoms with van der Waals surface area (Å²) in [6.07, 6.45) is -3.18. The monoisotopic (exact) mass is 286 g/mol. The Morgan fingerprint density at radius 3 is 2.30 bits per heavy atom. The van der Waals surface area contributed by atoms with E-state index in [0.717, 1.165) is 24.3 Å². The van der Waals surface area contributed by atoms with Gasteiger partial charge in [0.2, 0.25) is 0 Å². The standard InChI is InChI=1S/C13H13F3N2O2/c1-3-11(8(2)20-17)12(19)18-10-6-4-9(5-7-10)13(14,15)16/h3-7H,1,17H2,2H3,(H,18,19)/b11-8+. The Labute approximate surface area is 113 Å². The second kappa shape index (κ2) is 6.25. The quantitative estimate of drug-likeness (QED) is 0.387. The van der Waals surface area contributed by atoms with Crippen LogP contribution >= 0.6 is 0 Å². The zero-order chi connectivity index (χ0) is 15.3. The molecule has 0 fully saturated rings. The molecule has 1 aromatic rings. The molecule has 7 heteroatoms. The number of alkyl halides is 3. The van der Waals surface area contributed by atoms with Crippen molar-refractivity contribution in [3.63, 3.8) is 0 Å². The summed E-state index contributed by atoms with van der Waals surface area (Å²) in [5.41, 5.74) is -0.490. The normalized spacial score (nSPS) is 12.4. The number of nitrogens with two attached hydrogens (primary N) is 1. The first kappa shape index (κ1) is 15.8. The number of hydrogen-bond donors (Lipinski definition) is 2. The molecule has 1 rings (SSSR count). The van der Waals surface area contributed by atoms with Crippen LogP contribution in [0.15, 0.2) is 48.3 Å². The fourth-order valence-corrected chi connectivity index (χ4v) is 1.40. The summed E-state index contributed by atoms with van der Waals surface area (Å²) in [6.45, 7) is 4.90. The topological polar surface area (TPSA) is 64.3 Å². The highest BCUT2D eigenvalue weighted by Gasteiger charge is 2.30. The zero-order valence-electron chi connectivity index (χ0n) is 10.6. The van der Waals surface area contributed by atoms with Crippen LogP contribution in [0.25, 0.3) is 0 Å². The lowest BCUT2D eigenvalue weighted by molar-refractivity contribution is -0.137. The van der Waals surface area contributed by atoms with E-state index in [4.69, 9.17) is 5.90 Å². The van der Waals surface area contributed by atoms with Crippen LogP contribution in [0.3, 0.4) is 0 Å². The molecule has 3 N–H and O–H groups in total. The average molecular weight is 286 g/mol. The van der Waals surface area contributed by atoms with Gasteiger partial charge in [0.1, 0.15) is 5.76 Å². The summed E-state index contributed by atoms with van der Waals surface area (Å²) < 4.78 is 37.1. The lowest BCUT2D eigenvalue weighted by atomic mass is 10.1. The van der Waals surface area contributed by atoms with Crippen LogP contribution in [0.1, 0.15) is 12.5 Å². The first-order chi connectivity index (χ1) is 9.29. The van der Waals surface area contributed by atoms with Gasteiger partial charge in [0.15, 0.2) is 0 Å². The maximum absolute atomic E-state index is 12.4. The molecule has 0 bridgehead atoms. The SMILES string of the molecule is C=C/C(C(=O)Nc1ccc(C(F)(F)F)cc1)=C(/C)ON. The Morgan fingerprint density at radius 2 is 1.90 bits per heavy atom. The summed E-state index contributed by atoms with van der Waals surface area (Å²) in [5, 5.41) is 2.42. The second-order valence-electron chi connectivity index (χ2n) is 3.82. The molecular weight excluding hydrogens is 273 g/mol. The maximum atomic E-state index is 12.4. The van der Waals surface area contributed by atoms with E-state index in [2.05, 4.69) is 16.7 Å². The Hall–Kier alpha value is -2.28. The molecule has 1 amide bonds. The number of allylic oxidation sites excluding steroid dienone is 1. The molecule has 0 heterocycles. The Kier molecular flexibility index (Phi) is 4.93. The van der Waals surface area contributed by atoms with Gasteiger partial charge >= 0.3 is 6.18 Å². The maximum Gasteiger partial charge on any atom is 0.416 e. The Bertz CT molecular complexity index is 534. The largest absolute Gasteiger partial charge is 0.416 e. The Morgan fingerprint density at radius 1 is 1.35 bits per heavy atom. The smallest absolute Gasteiger partial charge is 0.415 e. The number of nitrogens with one attached hydrogen (secondary N) is 1. The summed E-state index contributed by atoms with van der Waals surface area (Å²) in [4.78, 5) is 16.3. The van der Waals surface area contributed by atoms with E-state index in [1.54, 1.807) is 0 Å². The van der Waals surface area contributed by atoms with Crippen LogP contribution in [0.2, 0.25) is 0 Å². The molecule has 1 aromatic carbocycles. The highest BCUT2D eigenvalue weighted by atomic mass is 19.4. The van der Waals surface area contributed by atoms with E-state index in [1.807, 2.05) is 0 Å². The van der Waals surface area contributed by atoms with Gasteiger partial charge in [0.05, 0.1) is 11.1 Å². The first-order valence-corrected chi connectivity index (χ1v) is 5.48. The molecule has 4 nitrogen and oxygen atoms in total. The van der Waals surface area contributed by atoms with Crippen LogP contribution in [-0.4, -0.2) is 5.91 Å². The number of rotatable bonds is 4. The van der Waals surface area contributed by atoms with Crippen molar-refractivity contribution in [1.29, 1.82) is 0 Å². The lowest BCUT2D eigenvalue weighted by Crippen LogP contribution is -2.16. The molecule has 0 saturated carbocycles. The minimum absolute atomic E-state index is 0.0902. The fourth-order valence-electron chi connectivity index (χ4n) is 1.40. The van der Waals surface area contributed by atoms with E-state index in [0.29, 0.717) is 0 Å². The Balaban J connectivity index is 2.89. The van der Waals surface area contributed by atoms with Gasteiger partial charge in [-0.3, -0.25) is 4.79 Å². The predicted molar refractivity (Wildman–Crippen MR) is 68.2 cm³/mol. The van der Waals surface area contributed by atoms with Crippen LogP contribution in [0.5, 0.6) is 0 Å². The van der Waals surface area contributed by atoms with E-state index in [-0.39, 0.29) is 17.0 Å². The first-order valence-electron chi connectivity index (χ1n) is 5.48. The molecule has 0 radical (unpaired) electrons. The highest BCUT2D eigenvalue weighted by molar-refractivity contribution is 6.05. The average Bonchev–Trinajstić information content (AvgIpc) is 2.38. The molecule has 0 aliphatic carbocycles. The molecule has 0 aromatic heterocycles.